The molecule has 2 bridgehead atoms. The number of urea groups is 1. The van der Waals surface area contributed by atoms with Crippen molar-refractivity contribution in [3.05, 3.63) is 53.3 Å². The number of rotatable bonds is 4. The molecule has 1 aromatic heterocycles. The van der Waals surface area contributed by atoms with E-state index in [1.54, 1.807) is 6.20 Å². The molecule has 0 spiro atoms. The lowest BCUT2D eigenvalue weighted by Crippen LogP contribution is -2.39. The van der Waals surface area contributed by atoms with Crippen LogP contribution in [0.1, 0.15) is 28.9 Å². The molecule has 2 amide bonds. The van der Waals surface area contributed by atoms with Crippen LogP contribution in [0.3, 0.4) is 0 Å². The van der Waals surface area contributed by atoms with Gasteiger partial charge < -0.3 is 9.64 Å². The first-order valence-corrected chi connectivity index (χ1v) is 7.58. The number of amides is 2. The highest BCUT2D eigenvalue weighted by Crippen LogP contribution is 2.43. The van der Waals surface area contributed by atoms with Crippen LogP contribution in [0.25, 0.3) is 0 Å². The standard InChI is InChI=1S/C16H16N4O4/c1-23-15(21)14-13-11(7-17-18-13)12-8-19(14)16(22)20(12)24-9-10-5-3-2-4-6-10/h2-7,12,14H,8-9H2,1H3,(H,17,18). The minimum Gasteiger partial charge on any atom is -0.467 e. The Balaban J connectivity index is 1.61. The molecule has 4 rings (SSSR count). The van der Waals surface area contributed by atoms with Gasteiger partial charge >= 0.3 is 12.0 Å². The lowest BCUT2D eigenvalue weighted by Gasteiger charge is -2.27. The molecule has 2 aliphatic rings. The number of aromatic amines is 1. The molecule has 24 heavy (non-hydrogen) atoms. The van der Waals surface area contributed by atoms with Crippen LogP contribution < -0.4 is 0 Å². The van der Waals surface area contributed by atoms with Gasteiger partial charge in [-0.25, -0.2) is 9.59 Å². The fraction of sp³-hybridized carbons (Fsp3) is 0.312. The number of esters is 1. The summed E-state index contributed by atoms with van der Waals surface area (Å²) in [5.41, 5.74) is 2.25. The molecule has 1 aromatic carbocycles. The Kier molecular flexibility index (Phi) is 3.46. The Labute approximate surface area is 137 Å². The van der Waals surface area contributed by atoms with E-state index in [9.17, 15) is 9.59 Å². The number of fused-ring (bicyclic) bond motifs is 4. The third-order valence-corrected chi connectivity index (χ3v) is 4.36. The van der Waals surface area contributed by atoms with Crippen LogP contribution in [-0.2, 0) is 21.0 Å². The molecule has 8 nitrogen and oxygen atoms in total. The second-order valence-corrected chi connectivity index (χ2v) is 5.69. The highest BCUT2D eigenvalue weighted by Gasteiger charge is 2.52. The lowest BCUT2D eigenvalue weighted by molar-refractivity contribution is -0.146. The van der Waals surface area contributed by atoms with Crippen LogP contribution in [0.4, 0.5) is 4.79 Å². The minimum absolute atomic E-state index is 0.271. The molecule has 0 aliphatic carbocycles. The number of aromatic nitrogens is 2. The van der Waals surface area contributed by atoms with Crippen molar-refractivity contribution in [3.63, 3.8) is 0 Å². The number of nitrogens with one attached hydrogen (secondary N) is 1. The van der Waals surface area contributed by atoms with Crippen LogP contribution in [0.15, 0.2) is 36.5 Å². The Morgan fingerprint density at radius 2 is 2.17 bits per heavy atom. The zero-order valence-electron chi connectivity index (χ0n) is 13.0. The highest BCUT2D eigenvalue weighted by atomic mass is 16.7. The summed E-state index contributed by atoms with van der Waals surface area (Å²) in [5, 5.41) is 8.22. The van der Waals surface area contributed by atoms with Gasteiger partial charge in [-0.15, -0.1) is 0 Å². The van der Waals surface area contributed by atoms with Crippen molar-refractivity contribution in [1.29, 1.82) is 0 Å². The van der Waals surface area contributed by atoms with E-state index in [4.69, 9.17) is 9.57 Å². The van der Waals surface area contributed by atoms with Crippen molar-refractivity contribution in [2.75, 3.05) is 13.7 Å². The largest absolute Gasteiger partial charge is 0.467 e. The van der Waals surface area contributed by atoms with Crippen LogP contribution in [0.5, 0.6) is 0 Å². The maximum atomic E-state index is 12.7. The van der Waals surface area contributed by atoms with Crippen LogP contribution >= 0.6 is 0 Å². The highest BCUT2D eigenvalue weighted by molar-refractivity contribution is 5.87. The summed E-state index contributed by atoms with van der Waals surface area (Å²) in [6.45, 7) is 0.632. The van der Waals surface area contributed by atoms with Gasteiger partial charge in [-0.2, -0.15) is 10.2 Å². The zero-order valence-corrected chi connectivity index (χ0v) is 13.0. The summed E-state index contributed by atoms with van der Waals surface area (Å²) in [6, 6.07) is 8.09. The molecule has 8 heteroatoms. The van der Waals surface area contributed by atoms with Gasteiger partial charge in [-0.3, -0.25) is 9.94 Å². The molecule has 2 unspecified atom stereocenters. The quantitative estimate of drug-likeness (QED) is 0.860. The topological polar surface area (TPSA) is 87.8 Å². The second-order valence-electron chi connectivity index (χ2n) is 5.69. The van der Waals surface area contributed by atoms with Gasteiger partial charge in [0.15, 0.2) is 6.04 Å². The third-order valence-electron chi connectivity index (χ3n) is 4.36. The number of carbonyl (C=O) groups excluding carboxylic acids is 2. The van der Waals surface area contributed by atoms with E-state index < -0.39 is 12.0 Å². The van der Waals surface area contributed by atoms with Gasteiger partial charge in [0.25, 0.3) is 0 Å². The van der Waals surface area contributed by atoms with Crippen LogP contribution in [0.2, 0.25) is 0 Å². The number of carbonyl (C=O) groups is 2. The number of ether oxygens (including phenoxy) is 1. The predicted molar refractivity (Wildman–Crippen MR) is 81.3 cm³/mol. The third kappa shape index (κ3) is 2.15. The van der Waals surface area contributed by atoms with Crippen molar-refractivity contribution in [2.45, 2.75) is 18.7 Å². The second kappa shape index (κ2) is 5.64. The smallest absolute Gasteiger partial charge is 0.345 e. The molecule has 2 aromatic rings. The Morgan fingerprint density at radius 3 is 2.92 bits per heavy atom. The zero-order chi connectivity index (χ0) is 16.7. The van der Waals surface area contributed by atoms with Crippen molar-refractivity contribution in [1.82, 2.24) is 20.2 Å². The SMILES string of the molecule is COC(=O)C1c2n[nH]cc2C2CN1C(=O)N2OCc1ccccc1. The number of benzene rings is 1. The first-order chi connectivity index (χ1) is 11.7. The number of nitrogens with zero attached hydrogens (tertiary/aromatic N) is 3. The number of hydrogen-bond donors (Lipinski definition) is 1. The van der Waals surface area contributed by atoms with Crippen LogP contribution in [-0.4, -0.2) is 45.8 Å². The van der Waals surface area contributed by atoms with E-state index in [0.717, 1.165) is 11.1 Å². The van der Waals surface area contributed by atoms with Crippen molar-refractivity contribution in [2.24, 2.45) is 0 Å². The van der Waals surface area contributed by atoms with Gasteiger partial charge in [-0.1, -0.05) is 30.3 Å². The molecule has 1 N–H and O–H groups in total. The normalized spacial score (nSPS) is 21.8. The number of methoxy groups -OCH3 is 1. The summed E-state index contributed by atoms with van der Waals surface area (Å²) in [4.78, 5) is 32.0. The molecule has 3 heterocycles. The molecule has 1 saturated heterocycles. The monoisotopic (exact) mass is 328 g/mol. The Hall–Kier alpha value is -2.87. The number of H-pyrrole nitrogens is 1. The molecule has 1 fully saturated rings. The molecular weight excluding hydrogens is 312 g/mol. The first kappa shape index (κ1) is 14.7. The summed E-state index contributed by atoms with van der Waals surface area (Å²) in [7, 11) is 1.30. The van der Waals surface area contributed by atoms with E-state index in [0.29, 0.717) is 12.2 Å². The minimum atomic E-state index is -0.842. The molecule has 2 aliphatic heterocycles. The Morgan fingerprint density at radius 1 is 1.38 bits per heavy atom. The Bertz CT molecular complexity index is 775. The van der Waals surface area contributed by atoms with Gasteiger partial charge in [-0.05, 0) is 5.56 Å². The lowest BCUT2D eigenvalue weighted by atomic mass is 9.98. The fourth-order valence-corrected chi connectivity index (χ4v) is 3.20. The molecule has 0 radical (unpaired) electrons. The predicted octanol–water partition coefficient (Wildman–Crippen LogP) is 1.55. The fourth-order valence-electron chi connectivity index (χ4n) is 3.20. The van der Waals surface area contributed by atoms with Crippen LogP contribution in [0, 0.1) is 0 Å². The van der Waals surface area contributed by atoms with Crippen molar-refractivity contribution >= 4 is 12.0 Å². The molecule has 124 valence electrons. The summed E-state index contributed by atoms with van der Waals surface area (Å²) in [5.74, 6) is -0.514. The van der Waals surface area contributed by atoms with Crippen molar-refractivity contribution in [3.8, 4) is 0 Å². The van der Waals surface area contributed by atoms with E-state index >= 15 is 0 Å². The average molecular weight is 328 g/mol. The van der Waals surface area contributed by atoms with E-state index in [1.165, 1.54) is 17.1 Å². The maximum absolute atomic E-state index is 12.7. The van der Waals surface area contributed by atoms with Crippen molar-refractivity contribution < 1.29 is 19.2 Å². The summed E-state index contributed by atoms with van der Waals surface area (Å²) >= 11 is 0. The molecular formula is C16H16N4O4. The van der Waals surface area contributed by atoms with E-state index in [2.05, 4.69) is 10.2 Å². The van der Waals surface area contributed by atoms with E-state index in [1.807, 2.05) is 30.3 Å². The summed E-state index contributed by atoms with van der Waals surface area (Å²) in [6.07, 6.45) is 1.70. The van der Waals surface area contributed by atoms with Gasteiger partial charge in [0.2, 0.25) is 0 Å². The van der Waals surface area contributed by atoms with E-state index in [-0.39, 0.29) is 18.7 Å². The first-order valence-electron chi connectivity index (χ1n) is 7.58. The molecule has 2 atom stereocenters. The van der Waals surface area contributed by atoms with Gasteiger partial charge in [0, 0.05) is 11.8 Å². The number of hydrogen-bond acceptors (Lipinski definition) is 5. The number of hydroxylamine groups is 2. The van der Waals surface area contributed by atoms with Gasteiger partial charge in [0.1, 0.15) is 18.3 Å². The average Bonchev–Trinajstić information content (AvgIpc) is 3.20. The molecule has 0 saturated carbocycles. The summed E-state index contributed by atoms with van der Waals surface area (Å²) < 4.78 is 4.83. The van der Waals surface area contributed by atoms with Gasteiger partial charge in [0.05, 0.1) is 13.7 Å². The maximum Gasteiger partial charge on any atom is 0.345 e.